The molecule has 3 rings (SSSR count). The molecular formula is C24H20Cl3N3O4. The van der Waals surface area contributed by atoms with Gasteiger partial charge < -0.3 is 14.8 Å². The predicted octanol–water partition coefficient (Wildman–Crippen LogP) is 5.71. The van der Waals surface area contributed by atoms with Gasteiger partial charge in [0.2, 0.25) is 0 Å². The van der Waals surface area contributed by atoms with E-state index in [2.05, 4.69) is 15.8 Å². The summed E-state index contributed by atoms with van der Waals surface area (Å²) in [5.74, 6) is -0.849. The number of hydrazone groups is 1. The lowest BCUT2D eigenvalue weighted by Crippen LogP contribution is -2.32. The molecule has 3 aromatic rings. The van der Waals surface area contributed by atoms with Gasteiger partial charge in [-0.3, -0.25) is 9.59 Å². The minimum absolute atomic E-state index is 0.222. The Hall–Kier alpha value is -3.26. The number of halogens is 3. The molecule has 0 heterocycles. The van der Waals surface area contributed by atoms with Crippen molar-refractivity contribution in [3.8, 4) is 11.5 Å². The summed E-state index contributed by atoms with van der Waals surface area (Å²) in [7, 11) is 0. The molecule has 0 aliphatic heterocycles. The second-order valence-corrected chi connectivity index (χ2v) is 8.05. The maximum absolute atomic E-state index is 12.0. The first kappa shape index (κ1) is 25.4. The lowest BCUT2D eigenvalue weighted by Gasteiger charge is -2.13. The second-order valence-electron chi connectivity index (χ2n) is 6.80. The first-order valence-electron chi connectivity index (χ1n) is 10.1. The standard InChI is InChI=1S/C24H20Cl3N3O4/c1-2-33-22-11-15(7-10-21(22)34-14-16-8-9-17(25)12-19(16)27)13-28-30-24(32)23(31)29-20-6-4-3-5-18(20)26/h3-13H,2,14H2,1H3,(H,29,31)(H,30,32). The third-order valence-corrected chi connectivity index (χ3v) is 5.29. The Balaban J connectivity index is 1.61. The number of hydrogen-bond donors (Lipinski definition) is 2. The van der Waals surface area contributed by atoms with E-state index in [0.717, 1.165) is 5.56 Å². The molecule has 2 amide bonds. The molecule has 3 aromatic carbocycles. The normalized spacial score (nSPS) is 10.7. The number of hydrogen-bond acceptors (Lipinski definition) is 5. The van der Waals surface area contributed by atoms with Crippen LogP contribution >= 0.6 is 34.8 Å². The number of carbonyl (C=O) groups excluding carboxylic acids is 2. The van der Waals surface area contributed by atoms with E-state index < -0.39 is 11.8 Å². The van der Waals surface area contributed by atoms with Crippen LogP contribution in [0.15, 0.2) is 65.8 Å². The molecule has 0 aliphatic rings. The van der Waals surface area contributed by atoms with Crippen molar-refractivity contribution in [2.24, 2.45) is 5.10 Å². The summed E-state index contributed by atoms with van der Waals surface area (Å²) >= 11 is 18.1. The van der Waals surface area contributed by atoms with Crippen LogP contribution < -0.4 is 20.2 Å². The highest BCUT2D eigenvalue weighted by Gasteiger charge is 2.14. The first-order chi connectivity index (χ1) is 16.4. The molecule has 0 unspecified atom stereocenters. The smallest absolute Gasteiger partial charge is 0.329 e. The van der Waals surface area contributed by atoms with E-state index in [1.807, 2.05) is 6.92 Å². The Morgan fingerprint density at radius 2 is 1.71 bits per heavy atom. The predicted molar refractivity (Wildman–Crippen MR) is 134 cm³/mol. The zero-order chi connectivity index (χ0) is 24.5. The lowest BCUT2D eigenvalue weighted by atomic mass is 10.2. The van der Waals surface area contributed by atoms with Gasteiger partial charge in [0, 0.05) is 15.6 Å². The van der Waals surface area contributed by atoms with E-state index in [1.165, 1.54) is 6.21 Å². The van der Waals surface area contributed by atoms with Crippen molar-refractivity contribution >= 4 is 58.5 Å². The fourth-order valence-electron chi connectivity index (χ4n) is 2.74. The summed E-state index contributed by atoms with van der Waals surface area (Å²) in [6, 6.07) is 16.9. The van der Waals surface area contributed by atoms with Crippen LogP contribution in [-0.2, 0) is 16.2 Å². The number of anilines is 1. The Kier molecular flexibility index (Phi) is 9.16. The zero-order valence-electron chi connectivity index (χ0n) is 18.0. The molecule has 0 bridgehead atoms. The van der Waals surface area contributed by atoms with Gasteiger partial charge in [-0.25, -0.2) is 5.43 Å². The summed E-state index contributed by atoms with van der Waals surface area (Å²) in [6.45, 7) is 2.48. The highest BCUT2D eigenvalue weighted by Crippen LogP contribution is 2.30. The summed E-state index contributed by atoms with van der Waals surface area (Å²) in [5, 5.41) is 7.60. The molecule has 0 fully saturated rings. The van der Waals surface area contributed by atoms with E-state index in [4.69, 9.17) is 44.3 Å². The number of amides is 2. The average molecular weight is 521 g/mol. The molecule has 0 aliphatic carbocycles. The van der Waals surface area contributed by atoms with Gasteiger partial charge in [0.05, 0.1) is 23.5 Å². The average Bonchev–Trinajstić information content (AvgIpc) is 2.81. The molecule has 2 N–H and O–H groups in total. The van der Waals surface area contributed by atoms with E-state index in [1.54, 1.807) is 60.7 Å². The minimum Gasteiger partial charge on any atom is -0.490 e. The van der Waals surface area contributed by atoms with Crippen LogP contribution in [0, 0.1) is 0 Å². The van der Waals surface area contributed by atoms with Gasteiger partial charge in [0.15, 0.2) is 11.5 Å². The van der Waals surface area contributed by atoms with Gasteiger partial charge in [0.25, 0.3) is 0 Å². The second kappa shape index (κ2) is 12.3. The van der Waals surface area contributed by atoms with Crippen molar-refractivity contribution in [1.82, 2.24) is 5.43 Å². The van der Waals surface area contributed by atoms with Gasteiger partial charge >= 0.3 is 11.8 Å². The lowest BCUT2D eigenvalue weighted by molar-refractivity contribution is -0.136. The molecular weight excluding hydrogens is 501 g/mol. The molecule has 7 nitrogen and oxygen atoms in total. The zero-order valence-corrected chi connectivity index (χ0v) is 20.2. The van der Waals surface area contributed by atoms with Crippen molar-refractivity contribution in [3.05, 3.63) is 86.9 Å². The summed E-state index contributed by atoms with van der Waals surface area (Å²) in [6.07, 6.45) is 1.38. The number of rotatable bonds is 8. The maximum Gasteiger partial charge on any atom is 0.329 e. The van der Waals surface area contributed by atoms with Crippen molar-refractivity contribution in [2.45, 2.75) is 13.5 Å². The number of carbonyl (C=O) groups is 2. The van der Waals surface area contributed by atoms with Crippen LogP contribution in [0.2, 0.25) is 15.1 Å². The largest absolute Gasteiger partial charge is 0.490 e. The van der Waals surface area contributed by atoms with Gasteiger partial charge in [-0.05, 0) is 55.0 Å². The third kappa shape index (κ3) is 7.12. The topological polar surface area (TPSA) is 89.0 Å². The van der Waals surface area contributed by atoms with Crippen LogP contribution in [0.1, 0.15) is 18.1 Å². The van der Waals surface area contributed by atoms with Gasteiger partial charge in [-0.15, -0.1) is 0 Å². The summed E-state index contributed by atoms with van der Waals surface area (Å²) in [5.41, 5.74) is 3.89. The Morgan fingerprint density at radius 3 is 2.44 bits per heavy atom. The quantitative estimate of drug-likeness (QED) is 0.226. The van der Waals surface area contributed by atoms with Crippen molar-refractivity contribution in [2.75, 3.05) is 11.9 Å². The van der Waals surface area contributed by atoms with Crippen LogP contribution in [0.25, 0.3) is 0 Å². The van der Waals surface area contributed by atoms with Crippen molar-refractivity contribution < 1.29 is 19.1 Å². The van der Waals surface area contributed by atoms with E-state index in [0.29, 0.717) is 44.4 Å². The van der Waals surface area contributed by atoms with E-state index in [9.17, 15) is 9.59 Å². The Morgan fingerprint density at radius 1 is 0.912 bits per heavy atom. The van der Waals surface area contributed by atoms with Gasteiger partial charge in [-0.1, -0.05) is 53.0 Å². The number of nitrogens with one attached hydrogen (secondary N) is 2. The van der Waals surface area contributed by atoms with Crippen molar-refractivity contribution in [1.29, 1.82) is 0 Å². The fourth-order valence-corrected chi connectivity index (χ4v) is 3.39. The molecule has 0 saturated heterocycles. The monoisotopic (exact) mass is 519 g/mol. The molecule has 34 heavy (non-hydrogen) atoms. The molecule has 10 heteroatoms. The fraction of sp³-hybridized carbons (Fsp3) is 0.125. The molecule has 0 saturated carbocycles. The number of ether oxygens (including phenoxy) is 2. The molecule has 0 atom stereocenters. The molecule has 0 radical (unpaired) electrons. The molecule has 176 valence electrons. The number of nitrogens with zero attached hydrogens (tertiary/aromatic N) is 1. The van der Waals surface area contributed by atoms with Crippen LogP contribution in [-0.4, -0.2) is 24.6 Å². The minimum atomic E-state index is -0.944. The van der Waals surface area contributed by atoms with Gasteiger partial charge in [0.1, 0.15) is 6.61 Å². The highest BCUT2D eigenvalue weighted by atomic mass is 35.5. The van der Waals surface area contributed by atoms with Crippen LogP contribution in [0.5, 0.6) is 11.5 Å². The highest BCUT2D eigenvalue weighted by molar-refractivity contribution is 6.41. The van der Waals surface area contributed by atoms with Gasteiger partial charge in [-0.2, -0.15) is 5.10 Å². The summed E-state index contributed by atoms with van der Waals surface area (Å²) in [4.78, 5) is 24.0. The molecule has 0 spiro atoms. The van der Waals surface area contributed by atoms with E-state index >= 15 is 0 Å². The SMILES string of the molecule is CCOc1cc(C=NNC(=O)C(=O)Nc2ccccc2Cl)ccc1OCc1ccc(Cl)cc1Cl. The van der Waals surface area contributed by atoms with E-state index in [-0.39, 0.29) is 6.61 Å². The first-order valence-corrected chi connectivity index (χ1v) is 11.2. The Bertz CT molecular complexity index is 1220. The molecule has 0 aromatic heterocycles. The Labute approximate surface area is 211 Å². The van der Waals surface area contributed by atoms with Crippen molar-refractivity contribution in [3.63, 3.8) is 0 Å². The van der Waals surface area contributed by atoms with Crippen LogP contribution in [0.4, 0.5) is 5.69 Å². The third-order valence-electron chi connectivity index (χ3n) is 4.37. The number of para-hydroxylation sites is 1. The maximum atomic E-state index is 12.0. The number of benzene rings is 3. The summed E-state index contributed by atoms with van der Waals surface area (Å²) < 4.78 is 11.5. The van der Waals surface area contributed by atoms with Crippen LogP contribution in [0.3, 0.4) is 0 Å².